The lowest BCUT2D eigenvalue weighted by molar-refractivity contribution is -0.126. The Bertz CT molecular complexity index is 662. The molecular formula is C15H19N3O2S. The first kappa shape index (κ1) is 14.3. The van der Waals surface area contributed by atoms with Crippen molar-refractivity contribution in [1.29, 1.82) is 0 Å². The summed E-state index contributed by atoms with van der Waals surface area (Å²) in [6.07, 6.45) is 1.72. The van der Waals surface area contributed by atoms with E-state index in [0.717, 1.165) is 41.9 Å². The topological polar surface area (TPSA) is 63.2 Å². The maximum absolute atomic E-state index is 12.5. The molecule has 1 aliphatic heterocycles. The van der Waals surface area contributed by atoms with Crippen molar-refractivity contribution in [3.05, 3.63) is 18.2 Å². The van der Waals surface area contributed by atoms with Crippen LogP contribution in [0.15, 0.2) is 18.2 Å². The molecule has 2 heterocycles. The van der Waals surface area contributed by atoms with E-state index < -0.39 is 0 Å². The highest BCUT2D eigenvalue weighted by Crippen LogP contribution is 2.33. The zero-order valence-corrected chi connectivity index (χ0v) is 13.0. The molecule has 1 aromatic carbocycles. The minimum atomic E-state index is -0.305. The van der Waals surface area contributed by atoms with Crippen LogP contribution < -0.4 is 15.4 Å². The van der Waals surface area contributed by atoms with Crippen molar-refractivity contribution in [3.8, 4) is 5.75 Å². The first-order valence-corrected chi connectivity index (χ1v) is 7.89. The lowest BCUT2D eigenvalue weighted by Gasteiger charge is -2.32. The molecule has 1 aromatic heterocycles. The molecule has 0 bridgehead atoms. The van der Waals surface area contributed by atoms with E-state index in [0.29, 0.717) is 5.13 Å². The Morgan fingerprint density at radius 3 is 2.90 bits per heavy atom. The largest absolute Gasteiger partial charge is 0.497 e. The van der Waals surface area contributed by atoms with Gasteiger partial charge in [-0.05, 0) is 44.1 Å². The van der Waals surface area contributed by atoms with Crippen LogP contribution >= 0.6 is 11.3 Å². The predicted molar refractivity (Wildman–Crippen MR) is 85.0 cm³/mol. The number of nitrogens with zero attached hydrogens (tertiary/aromatic N) is 1. The maximum Gasteiger partial charge on any atom is 0.232 e. The molecule has 0 saturated carbocycles. The smallest absolute Gasteiger partial charge is 0.232 e. The molecule has 5 nitrogen and oxygen atoms in total. The third-order valence-electron chi connectivity index (χ3n) is 4.07. The number of amides is 1. The number of benzene rings is 1. The fourth-order valence-electron chi connectivity index (χ4n) is 2.54. The van der Waals surface area contributed by atoms with Crippen LogP contribution in [0.5, 0.6) is 5.75 Å². The summed E-state index contributed by atoms with van der Waals surface area (Å²) >= 11 is 1.48. The molecule has 2 N–H and O–H groups in total. The monoisotopic (exact) mass is 305 g/mol. The van der Waals surface area contributed by atoms with Crippen LogP contribution in [0.1, 0.15) is 19.8 Å². The summed E-state index contributed by atoms with van der Waals surface area (Å²) in [6.45, 7) is 3.81. The van der Waals surface area contributed by atoms with E-state index in [1.807, 2.05) is 25.1 Å². The molecule has 0 aliphatic carbocycles. The molecule has 21 heavy (non-hydrogen) atoms. The number of methoxy groups -OCH3 is 1. The second-order valence-corrected chi connectivity index (χ2v) is 6.65. The number of nitrogens with one attached hydrogen (secondary N) is 2. The van der Waals surface area contributed by atoms with E-state index in [4.69, 9.17) is 4.74 Å². The molecule has 1 aliphatic rings. The van der Waals surface area contributed by atoms with Crippen LogP contribution in [0.2, 0.25) is 0 Å². The number of carbonyl (C=O) groups is 1. The van der Waals surface area contributed by atoms with Gasteiger partial charge in [0.25, 0.3) is 0 Å². The molecular weight excluding hydrogens is 286 g/mol. The molecule has 3 rings (SSSR count). The van der Waals surface area contributed by atoms with Crippen LogP contribution in [-0.4, -0.2) is 31.1 Å². The summed E-state index contributed by atoms with van der Waals surface area (Å²) < 4.78 is 6.22. The summed E-state index contributed by atoms with van der Waals surface area (Å²) in [5.41, 5.74) is 0.576. The molecule has 2 aromatic rings. The Labute approximate surface area is 127 Å². The molecule has 0 atom stereocenters. The van der Waals surface area contributed by atoms with Crippen LogP contribution in [0.4, 0.5) is 5.13 Å². The van der Waals surface area contributed by atoms with E-state index >= 15 is 0 Å². The van der Waals surface area contributed by atoms with Gasteiger partial charge in [0.2, 0.25) is 5.91 Å². The van der Waals surface area contributed by atoms with Crippen LogP contribution in [0.25, 0.3) is 10.2 Å². The number of thiazole rings is 1. The SMILES string of the molecule is COc1ccc2nc(NC(=O)C3(C)CCNCC3)sc2c1. The highest BCUT2D eigenvalue weighted by Gasteiger charge is 2.34. The van der Waals surface area contributed by atoms with Crippen LogP contribution in [0.3, 0.4) is 0 Å². The first-order chi connectivity index (χ1) is 10.1. The van der Waals surface area contributed by atoms with Crippen molar-refractivity contribution in [1.82, 2.24) is 10.3 Å². The lowest BCUT2D eigenvalue weighted by Crippen LogP contribution is -2.42. The molecule has 0 spiro atoms. The van der Waals surface area contributed by atoms with Gasteiger partial charge in [0.05, 0.1) is 17.3 Å². The summed E-state index contributed by atoms with van der Waals surface area (Å²) in [5, 5.41) is 6.92. The third kappa shape index (κ3) is 2.87. The number of piperidine rings is 1. The zero-order chi connectivity index (χ0) is 14.9. The van der Waals surface area contributed by atoms with E-state index in [-0.39, 0.29) is 11.3 Å². The van der Waals surface area contributed by atoms with Crippen molar-refractivity contribution in [2.75, 3.05) is 25.5 Å². The van der Waals surface area contributed by atoms with Crippen molar-refractivity contribution in [3.63, 3.8) is 0 Å². The van der Waals surface area contributed by atoms with Gasteiger partial charge in [-0.2, -0.15) is 0 Å². The quantitative estimate of drug-likeness (QED) is 0.915. The predicted octanol–water partition coefficient (Wildman–Crippen LogP) is 2.63. The van der Waals surface area contributed by atoms with Crippen LogP contribution in [-0.2, 0) is 4.79 Å². The molecule has 0 radical (unpaired) electrons. The molecule has 0 unspecified atom stereocenters. The summed E-state index contributed by atoms with van der Waals surface area (Å²) in [5.74, 6) is 0.865. The summed E-state index contributed by atoms with van der Waals surface area (Å²) in [6, 6.07) is 5.73. The van der Waals surface area contributed by atoms with Gasteiger partial charge in [0.15, 0.2) is 5.13 Å². The molecule has 112 valence electrons. The van der Waals surface area contributed by atoms with Crippen molar-refractivity contribution in [2.24, 2.45) is 5.41 Å². The van der Waals surface area contributed by atoms with Gasteiger partial charge in [-0.1, -0.05) is 18.3 Å². The summed E-state index contributed by atoms with van der Waals surface area (Å²) in [7, 11) is 1.64. The van der Waals surface area contributed by atoms with Crippen molar-refractivity contribution in [2.45, 2.75) is 19.8 Å². The van der Waals surface area contributed by atoms with Gasteiger partial charge in [-0.3, -0.25) is 4.79 Å². The van der Waals surface area contributed by atoms with Gasteiger partial charge >= 0.3 is 0 Å². The third-order valence-corrected chi connectivity index (χ3v) is 5.00. The number of rotatable bonds is 3. The fraction of sp³-hybridized carbons (Fsp3) is 0.467. The minimum Gasteiger partial charge on any atom is -0.497 e. The van der Waals surface area contributed by atoms with Gasteiger partial charge < -0.3 is 15.4 Å². The van der Waals surface area contributed by atoms with Gasteiger partial charge in [0, 0.05) is 5.41 Å². The van der Waals surface area contributed by atoms with E-state index in [1.54, 1.807) is 7.11 Å². The fourth-order valence-corrected chi connectivity index (χ4v) is 3.43. The maximum atomic E-state index is 12.5. The van der Waals surface area contributed by atoms with E-state index in [9.17, 15) is 4.79 Å². The average molecular weight is 305 g/mol. The second kappa shape index (κ2) is 5.61. The van der Waals surface area contributed by atoms with Crippen molar-refractivity contribution >= 4 is 32.6 Å². The van der Waals surface area contributed by atoms with Crippen molar-refractivity contribution < 1.29 is 9.53 Å². The Morgan fingerprint density at radius 2 is 2.19 bits per heavy atom. The number of fused-ring (bicyclic) bond motifs is 1. The Kier molecular flexibility index (Phi) is 3.82. The normalized spacial score (nSPS) is 17.6. The zero-order valence-electron chi connectivity index (χ0n) is 12.2. The van der Waals surface area contributed by atoms with E-state index in [2.05, 4.69) is 15.6 Å². The minimum absolute atomic E-state index is 0.0648. The lowest BCUT2D eigenvalue weighted by atomic mass is 9.80. The standard InChI is InChI=1S/C15H19N3O2S/c1-15(5-7-16-8-6-15)13(19)18-14-17-11-4-3-10(20-2)9-12(11)21-14/h3-4,9,16H,5-8H2,1-2H3,(H,17,18,19). The second-order valence-electron chi connectivity index (χ2n) is 5.62. The molecule has 1 amide bonds. The van der Waals surface area contributed by atoms with Crippen LogP contribution in [0, 0.1) is 5.41 Å². The first-order valence-electron chi connectivity index (χ1n) is 7.07. The highest BCUT2D eigenvalue weighted by molar-refractivity contribution is 7.22. The number of ether oxygens (including phenoxy) is 1. The Hall–Kier alpha value is -1.66. The number of hydrogen-bond acceptors (Lipinski definition) is 5. The summed E-state index contributed by atoms with van der Waals surface area (Å²) in [4.78, 5) is 17.0. The highest BCUT2D eigenvalue weighted by atomic mass is 32.1. The Balaban J connectivity index is 1.79. The number of aromatic nitrogens is 1. The molecule has 1 fully saturated rings. The number of carbonyl (C=O) groups excluding carboxylic acids is 1. The van der Waals surface area contributed by atoms with Gasteiger partial charge in [-0.25, -0.2) is 4.98 Å². The number of hydrogen-bond donors (Lipinski definition) is 2. The Morgan fingerprint density at radius 1 is 1.43 bits per heavy atom. The number of anilines is 1. The van der Waals surface area contributed by atoms with Gasteiger partial charge in [-0.15, -0.1) is 0 Å². The van der Waals surface area contributed by atoms with Gasteiger partial charge in [0.1, 0.15) is 5.75 Å². The molecule has 6 heteroatoms. The average Bonchev–Trinajstić information content (AvgIpc) is 2.89. The van der Waals surface area contributed by atoms with E-state index in [1.165, 1.54) is 11.3 Å². The molecule has 1 saturated heterocycles.